The molecule has 6 nitrogen and oxygen atoms in total. The van der Waals surface area contributed by atoms with Gasteiger partial charge in [-0.05, 0) is 38.4 Å². The van der Waals surface area contributed by atoms with E-state index < -0.39 is 17.4 Å². The van der Waals surface area contributed by atoms with Crippen molar-refractivity contribution in [2.75, 3.05) is 0 Å². The predicted octanol–water partition coefficient (Wildman–Crippen LogP) is -1.89. The van der Waals surface area contributed by atoms with E-state index in [9.17, 15) is 13.2 Å². The molecular formula is C21H17F3Li2N6. The number of aromatic nitrogens is 6. The number of pyridine rings is 2. The molecule has 0 aromatic carbocycles. The van der Waals surface area contributed by atoms with Crippen LogP contribution in [0.5, 0.6) is 0 Å². The summed E-state index contributed by atoms with van der Waals surface area (Å²) in [6, 6.07) is 10.5. The summed E-state index contributed by atoms with van der Waals surface area (Å²) in [6.07, 6.45) is 3.41. The smallest absolute Gasteiger partial charge is 0.451 e. The molecule has 0 amide bonds. The molecule has 0 radical (unpaired) electrons. The number of rotatable bonds is 4. The van der Waals surface area contributed by atoms with Crippen molar-refractivity contribution >= 4 is 0 Å². The summed E-state index contributed by atoms with van der Waals surface area (Å²) in [4.78, 5) is 16.7. The summed E-state index contributed by atoms with van der Waals surface area (Å²) < 4.78 is 42.2. The third-order valence-corrected chi connectivity index (χ3v) is 4.81. The molecule has 0 bridgehead atoms. The number of hydrogen-bond donors (Lipinski definition) is 0. The maximum absolute atomic E-state index is 13.2. The van der Waals surface area contributed by atoms with E-state index in [-0.39, 0.29) is 43.5 Å². The largest absolute Gasteiger partial charge is 1.00 e. The zero-order valence-corrected chi connectivity index (χ0v) is 18.4. The Morgan fingerprint density at radius 2 is 1.28 bits per heavy atom. The minimum absolute atomic E-state index is 0. The zero-order chi connectivity index (χ0) is 21.5. The average Bonchev–Trinajstić information content (AvgIpc) is 3.37. The molecule has 0 spiro atoms. The summed E-state index contributed by atoms with van der Waals surface area (Å²) in [6.45, 7) is 5.68. The van der Waals surface area contributed by atoms with E-state index in [1.165, 1.54) is 6.07 Å². The number of alkyl halides is 3. The molecule has 4 heterocycles. The van der Waals surface area contributed by atoms with Gasteiger partial charge < -0.3 is 19.1 Å². The third-order valence-electron chi connectivity index (χ3n) is 4.81. The Balaban J connectivity index is 0.00000181. The van der Waals surface area contributed by atoms with Gasteiger partial charge in [-0.15, -0.1) is 0 Å². The monoisotopic (exact) mass is 424 g/mol. The van der Waals surface area contributed by atoms with E-state index in [0.717, 1.165) is 16.6 Å². The van der Waals surface area contributed by atoms with Crippen LogP contribution in [0.2, 0.25) is 0 Å². The predicted molar refractivity (Wildman–Crippen MR) is 102 cm³/mol. The second kappa shape index (κ2) is 9.68. The molecule has 4 rings (SSSR count). The molecule has 0 aliphatic heterocycles. The van der Waals surface area contributed by atoms with Crippen LogP contribution in [0.1, 0.15) is 36.9 Å². The Labute approximate surface area is 207 Å². The van der Waals surface area contributed by atoms with Crippen molar-refractivity contribution in [1.82, 2.24) is 29.1 Å². The van der Waals surface area contributed by atoms with Gasteiger partial charge in [0, 0.05) is 34.3 Å². The van der Waals surface area contributed by atoms with E-state index in [4.69, 9.17) is 4.98 Å². The first kappa shape index (κ1) is 26.0. The molecule has 0 N–H and O–H groups in total. The number of imidazole rings is 2. The summed E-state index contributed by atoms with van der Waals surface area (Å²) in [5.74, 6) is 0.401. The molecule has 0 unspecified atom stereocenters. The number of aryl methyl sites for hydroxylation is 1. The van der Waals surface area contributed by atoms with Crippen LogP contribution >= 0.6 is 0 Å². The molecule has 0 aliphatic rings. The van der Waals surface area contributed by atoms with E-state index in [2.05, 4.69) is 27.3 Å². The van der Waals surface area contributed by atoms with E-state index in [1.807, 2.05) is 39.0 Å². The van der Waals surface area contributed by atoms with E-state index in [1.54, 1.807) is 22.9 Å². The molecule has 0 saturated carbocycles. The zero-order valence-electron chi connectivity index (χ0n) is 18.4. The van der Waals surface area contributed by atoms with Gasteiger partial charge in [-0.1, -0.05) is 43.6 Å². The minimum atomic E-state index is -4.61. The fourth-order valence-corrected chi connectivity index (χ4v) is 3.13. The molecule has 4 aromatic heterocycles. The second-order valence-electron chi connectivity index (χ2n) is 7.20. The van der Waals surface area contributed by atoms with Crippen molar-refractivity contribution in [3.05, 3.63) is 84.2 Å². The summed E-state index contributed by atoms with van der Waals surface area (Å²) in [5.41, 5.74) is 0.586. The van der Waals surface area contributed by atoms with Crippen molar-refractivity contribution in [1.29, 1.82) is 0 Å². The van der Waals surface area contributed by atoms with Gasteiger partial charge in [0.25, 0.3) is 0 Å². The second-order valence-corrected chi connectivity index (χ2v) is 7.20. The summed E-state index contributed by atoms with van der Waals surface area (Å²) >= 11 is 0. The van der Waals surface area contributed by atoms with Crippen molar-refractivity contribution in [3.63, 3.8) is 0 Å². The average molecular weight is 424 g/mol. The minimum Gasteiger partial charge on any atom is -0.451 e. The standard InChI is InChI=1S/C21H17F3N6.2Li/c1-14-25-10-12-29(14)17-8-4-6-15(27-17)20(2,3)16-7-5-9-18(28-16)30-13-11-26-19(30)21(22,23)24;;/h4-11H,1-3H3;;/q-2;2*+1. The van der Waals surface area contributed by atoms with Crippen molar-refractivity contribution in [2.24, 2.45) is 0 Å². The molecule has 32 heavy (non-hydrogen) atoms. The van der Waals surface area contributed by atoms with Crippen LogP contribution in [0.4, 0.5) is 13.2 Å². The Morgan fingerprint density at radius 3 is 1.78 bits per heavy atom. The molecule has 11 heteroatoms. The van der Waals surface area contributed by atoms with Crippen molar-refractivity contribution in [3.8, 4) is 11.6 Å². The van der Waals surface area contributed by atoms with Gasteiger partial charge in [0.2, 0.25) is 0 Å². The van der Waals surface area contributed by atoms with Gasteiger partial charge >= 0.3 is 43.9 Å². The quantitative estimate of drug-likeness (QED) is 0.284. The fraction of sp³-hybridized carbons (Fsp3) is 0.238. The molecule has 0 aliphatic carbocycles. The summed E-state index contributed by atoms with van der Waals surface area (Å²) in [7, 11) is 0. The fourth-order valence-electron chi connectivity index (χ4n) is 3.13. The molecule has 4 aromatic rings. The van der Waals surface area contributed by atoms with Gasteiger partial charge in [-0.2, -0.15) is 13.2 Å². The first-order valence-electron chi connectivity index (χ1n) is 9.08. The van der Waals surface area contributed by atoms with Crippen molar-refractivity contribution < 1.29 is 50.9 Å². The summed E-state index contributed by atoms with van der Waals surface area (Å²) in [5, 5.41) is 0. The molecule has 0 saturated heterocycles. The van der Waals surface area contributed by atoms with Gasteiger partial charge in [-0.25, -0.2) is 0 Å². The van der Waals surface area contributed by atoms with Crippen LogP contribution in [0.15, 0.2) is 48.8 Å². The van der Waals surface area contributed by atoms with Gasteiger partial charge in [-0.3, -0.25) is 9.97 Å². The van der Waals surface area contributed by atoms with Gasteiger partial charge in [0.05, 0.1) is 0 Å². The first-order valence-corrected chi connectivity index (χ1v) is 9.08. The van der Waals surface area contributed by atoms with Gasteiger partial charge in [0.15, 0.2) is 0 Å². The maximum Gasteiger partial charge on any atom is 1.00 e. The Kier molecular flexibility index (Phi) is 7.85. The maximum atomic E-state index is 13.2. The van der Waals surface area contributed by atoms with Crippen LogP contribution in [-0.2, 0) is 11.6 Å². The van der Waals surface area contributed by atoms with Crippen LogP contribution in [0.3, 0.4) is 0 Å². The molecule has 154 valence electrons. The molecule has 0 fully saturated rings. The number of nitrogens with zero attached hydrogens (tertiary/aromatic N) is 6. The van der Waals surface area contributed by atoms with Crippen LogP contribution < -0.4 is 37.7 Å². The topological polar surface area (TPSA) is 61.4 Å². The third kappa shape index (κ3) is 4.87. The number of halogens is 3. The Hall–Kier alpha value is -2.30. The Morgan fingerprint density at radius 1 is 0.781 bits per heavy atom. The Bertz CT molecular complexity index is 1200. The molecular weight excluding hydrogens is 407 g/mol. The van der Waals surface area contributed by atoms with E-state index >= 15 is 0 Å². The van der Waals surface area contributed by atoms with Crippen LogP contribution in [0.25, 0.3) is 11.6 Å². The molecule has 0 atom stereocenters. The van der Waals surface area contributed by atoms with Crippen LogP contribution in [0, 0.1) is 19.3 Å². The van der Waals surface area contributed by atoms with Crippen molar-refractivity contribution in [2.45, 2.75) is 32.4 Å². The van der Waals surface area contributed by atoms with E-state index in [0.29, 0.717) is 17.2 Å². The SMILES string of the molecule is Cc1nc[c-]n1-c1cccc(C(C)(C)c2cccc(-n3[c-]cnc3C(F)(F)F)n2)n1.[Li+].[Li+]. The van der Waals surface area contributed by atoms with Crippen LogP contribution in [-0.4, -0.2) is 29.1 Å². The number of hydrogen-bond acceptors (Lipinski definition) is 4. The van der Waals surface area contributed by atoms with Gasteiger partial charge in [0.1, 0.15) is 5.82 Å². The first-order chi connectivity index (χ1) is 14.2. The normalized spacial score (nSPS) is 11.6.